The molecule has 0 amide bonds. The molecule has 0 aliphatic heterocycles. The van der Waals surface area contributed by atoms with Crippen molar-refractivity contribution in [2.24, 2.45) is 0 Å². The van der Waals surface area contributed by atoms with Gasteiger partial charge in [0.25, 0.3) is 0 Å². The summed E-state index contributed by atoms with van der Waals surface area (Å²) in [5, 5.41) is 21.0. The van der Waals surface area contributed by atoms with E-state index in [1.54, 1.807) is 0 Å². The van der Waals surface area contributed by atoms with Gasteiger partial charge in [-0.2, -0.15) is 0 Å². The van der Waals surface area contributed by atoms with Crippen LogP contribution in [0, 0.1) is 0 Å². The zero-order valence-electron chi connectivity index (χ0n) is 55.0. The first-order chi connectivity index (χ1) is 39.2. The van der Waals surface area contributed by atoms with Crippen LogP contribution in [0.3, 0.4) is 0 Å². The Kier molecular flexibility index (Phi) is 75.2. The third kappa shape index (κ3) is 74.6. The molecule has 0 N–H and O–H groups in total. The number of carbonyl (C=O) groups is 4. The van der Waals surface area contributed by atoms with E-state index in [9.17, 15) is 29.4 Å². The van der Waals surface area contributed by atoms with Crippen LogP contribution in [-0.2, 0) is 48.1 Å². The number of hydrogen-bond acceptors (Lipinski definition) is 8. The minimum atomic E-state index is -0.941. The second-order valence-corrected chi connectivity index (χ2v) is 24.8. The number of unbranched alkanes of at least 4 members (excludes halogenated alkanes) is 48. The number of rotatable bonds is 66. The maximum Gasteiger partial charge on any atom is 2.00 e. The molecule has 0 heterocycles. The first-order valence-electron chi connectivity index (χ1n) is 36.0. The molecular formula is C72H138O8Zn. The van der Waals surface area contributed by atoms with E-state index in [1.165, 1.54) is 231 Å². The molecular weight excluding hydrogens is 1060 g/mol. The molecule has 476 valence electrons. The summed E-state index contributed by atoms with van der Waals surface area (Å²) in [7, 11) is 0. The van der Waals surface area contributed by atoms with Gasteiger partial charge in [-0.25, -0.2) is 0 Å². The summed E-state index contributed by atoms with van der Waals surface area (Å²) in [4.78, 5) is 46.1. The Balaban J connectivity index is -0.00000148. The van der Waals surface area contributed by atoms with Crippen molar-refractivity contribution in [1.82, 2.24) is 0 Å². The van der Waals surface area contributed by atoms with Gasteiger partial charge in [0.1, 0.15) is 12.2 Å². The molecule has 0 aromatic carbocycles. The Labute approximate surface area is 517 Å². The summed E-state index contributed by atoms with van der Waals surface area (Å²) in [5.41, 5.74) is 0. The molecule has 0 saturated carbocycles. The molecule has 81 heavy (non-hydrogen) atoms. The molecule has 0 saturated heterocycles. The van der Waals surface area contributed by atoms with Crippen LogP contribution in [0.5, 0.6) is 0 Å². The number of carbonyl (C=O) groups excluding carboxylic acids is 4. The van der Waals surface area contributed by atoms with E-state index in [1.807, 2.05) is 0 Å². The van der Waals surface area contributed by atoms with Gasteiger partial charge in [-0.05, 0) is 89.9 Å². The van der Waals surface area contributed by atoms with Crippen LogP contribution in [0.2, 0.25) is 0 Å². The van der Waals surface area contributed by atoms with Crippen LogP contribution >= 0.6 is 0 Å². The Bertz CT molecular complexity index is 1170. The maximum atomic E-state index is 12.5. The van der Waals surface area contributed by atoms with Gasteiger partial charge in [-0.15, -0.1) is 0 Å². The fraction of sp³-hybridized carbons (Fsp3) is 0.944. The summed E-state index contributed by atoms with van der Waals surface area (Å²) in [5.74, 6) is -1.87. The van der Waals surface area contributed by atoms with Crippen LogP contribution in [0.4, 0.5) is 0 Å². The number of carboxylic acids is 2. The van der Waals surface area contributed by atoms with Crippen LogP contribution in [0.25, 0.3) is 0 Å². The number of ether oxygens (including phenoxy) is 2. The van der Waals surface area contributed by atoms with Gasteiger partial charge in [0.2, 0.25) is 0 Å². The van der Waals surface area contributed by atoms with Gasteiger partial charge in [-0.1, -0.05) is 323 Å². The maximum absolute atomic E-state index is 12.5. The van der Waals surface area contributed by atoms with Crippen molar-refractivity contribution >= 4 is 23.9 Å². The monoisotopic (exact) mass is 1190 g/mol. The predicted molar refractivity (Wildman–Crippen MR) is 339 cm³/mol. The van der Waals surface area contributed by atoms with E-state index in [4.69, 9.17) is 9.47 Å². The van der Waals surface area contributed by atoms with Crippen LogP contribution in [-0.4, -0.2) is 36.1 Å². The molecule has 0 aliphatic carbocycles. The Morgan fingerprint density at radius 2 is 0.383 bits per heavy atom. The number of aliphatic carboxylic acids is 2. The van der Waals surface area contributed by atoms with Gasteiger partial charge in [0.05, 0.1) is 0 Å². The molecule has 0 fully saturated rings. The normalized spacial score (nSPS) is 11.9. The quantitative estimate of drug-likeness (QED) is 0.0334. The predicted octanol–water partition coefficient (Wildman–Crippen LogP) is 21.6. The van der Waals surface area contributed by atoms with Crippen molar-refractivity contribution in [2.45, 2.75) is 438 Å². The molecule has 0 bridgehead atoms. The largest absolute Gasteiger partial charge is 2.00 e. The van der Waals surface area contributed by atoms with E-state index in [-0.39, 0.29) is 56.5 Å². The molecule has 9 heteroatoms. The Morgan fingerprint density at radius 1 is 0.235 bits per heavy atom. The second-order valence-electron chi connectivity index (χ2n) is 24.8. The molecule has 0 rings (SSSR count). The topological polar surface area (TPSA) is 133 Å². The molecule has 2 unspecified atom stereocenters. The van der Waals surface area contributed by atoms with E-state index in [2.05, 4.69) is 27.7 Å². The van der Waals surface area contributed by atoms with Crippen LogP contribution < -0.4 is 10.2 Å². The fourth-order valence-corrected chi connectivity index (χ4v) is 11.3. The Morgan fingerprint density at radius 3 is 0.556 bits per heavy atom. The smallest absolute Gasteiger partial charge is 0.550 e. The Hall–Kier alpha value is -1.50. The third-order valence-electron chi connectivity index (χ3n) is 16.6. The van der Waals surface area contributed by atoms with Gasteiger partial charge in [-0.3, -0.25) is 9.59 Å². The van der Waals surface area contributed by atoms with E-state index in [0.29, 0.717) is 12.8 Å². The van der Waals surface area contributed by atoms with Crippen molar-refractivity contribution in [3.05, 3.63) is 0 Å². The number of esters is 2. The van der Waals surface area contributed by atoms with E-state index >= 15 is 0 Å². The number of carboxylic acid groups (broad SMARTS) is 2. The summed E-state index contributed by atoms with van der Waals surface area (Å²) in [6, 6.07) is 0. The summed E-state index contributed by atoms with van der Waals surface area (Å²) in [6.45, 7) is 9.06. The molecule has 0 aromatic rings. The molecule has 0 aliphatic rings. The van der Waals surface area contributed by atoms with Crippen molar-refractivity contribution in [3.63, 3.8) is 0 Å². The van der Waals surface area contributed by atoms with Gasteiger partial charge < -0.3 is 29.3 Å². The van der Waals surface area contributed by atoms with Crippen LogP contribution in [0.15, 0.2) is 0 Å². The first kappa shape index (κ1) is 83.7. The molecule has 8 nitrogen and oxygen atoms in total. The van der Waals surface area contributed by atoms with Crippen molar-refractivity contribution in [2.75, 3.05) is 0 Å². The zero-order valence-corrected chi connectivity index (χ0v) is 57.9. The zero-order chi connectivity index (χ0) is 58.7. The molecule has 0 spiro atoms. The minimum absolute atomic E-state index is 0. The van der Waals surface area contributed by atoms with Crippen molar-refractivity contribution < 1.29 is 58.3 Å². The van der Waals surface area contributed by atoms with E-state index < -0.39 is 11.9 Å². The average molecular weight is 1200 g/mol. The standard InChI is InChI=1S/2C36H70O4.Zn/c2*1-3-5-7-9-11-12-13-14-15-16-17-18-19-25-29-33-36(39)40-34(30-26-22-10-8-6-4-2)31-27-23-20-21-24-28-32-35(37)38;/h2*34H,3-33H2,1-2H3,(H,37,38);/q;;+2/p-2. The summed E-state index contributed by atoms with van der Waals surface area (Å²) in [6.07, 6.45) is 73.1. The van der Waals surface area contributed by atoms with Gasteiger partial charge in [0, 0.05) is 24.8 Å². The minimum Gasteiger partial charge on any atom is -0.550 e. The van der Waals surface area contributed by atoms with E-state index in [0.717, 1.165) is 141 Å². The molecule has 0 radical (unpaired) electrons. The third-order valence-corrected chi connectivity index (χ3v) is 16.6. The van der Waals surface area contributed by atoms with Gasteiger partial charge >= 0.3 is 31.4 Å². The first-order valence-corrected chi connectivity index (χ1v) is 36.0. The van der Waals surface area contributed by atoms with Gasteiger partial charge in [0.15, 0.2) is 0 Å². The van der Waals surface area contributed by atoms with Crippen LogP contribution in [0.1, 0.15) is 426 Å². The van der Waals surface area contributed by atoms with Crippen molar-refractivity contribution in [1.29, 1.82) is 0 Å². The number of hydrogen-bond donors (Lipinski definition) is 0. The second kappa shape index (κ2) is 72.8. The van der Waals surface area contributed by atoms with Crippen molar-refractivity contribution in [3.8, 4) is 0 Å². The summed E-state index contributed by atoms with van der Waals surface area (Å²) < 4.78 is 11.9. The molecule has 0 aromatic heterocycles. The fourth-order valence-electron chi connectivity index (χ4n) is 11.3. The molecule has 2 atom stereocenters. The SMILES string of the molecule is CCCCCCCCCCCCCCCCCC(=O)OC(CCCCCCCC)CCCCCCCCC(=O)[O-].CCCCCCCCCCCCCCCCCC(=O)OC(CCCCCCCC)CCCCCCCCC(=O)[O-].[Zn+2]. The summed E-state index contributed by atoms with van der Waals surface area (Å²) >= 11 is 0. The average Bonchev–Trinajstić information content (AvgIpc) is 3.43.